The molecule has 0 bridgehead atoms. The number of nitrogens with one attached hydrogen (secondary N) is 3. The lowest BCUT2D eigenvalue weighted by Crippen LogP contribution is -2.48. The Bertz CT molecular complexity index is 729. The topological polar surface area (TPSA) is 130 Å². The van der Waals surface area contributed by atoms with E-state index in [0.717, 1.165) is 12.8 Å². The fraction of sp³-hybridized carbons (Fsp3) is 0.500. The van der Waals surface area contributed by atoms with Gasteiger partial charge in [-0.2, -0.15) is 4.72 Å². The maximum Gasteiger partial charge on any atom is 0.241 e. The Hall–Kier alpha value is -1.97. The van der Waals surface area contributed by atoms with Gasteiger partial charge in [0.25, 0.3) is 0 Å². The summed E-state index contributed by atoms with van der Waals surface area (Å²) in [5, 5.41) is 5.22. The number of hydrogen-bond donors (Lipinski definition) is 4. The van der Waals surface area contributed by atoms with Crippen LogP contribution in [0.5, 0.6) is 0 Å². The molecule has 1 fully saturated rings. The third kappa shape index (κ3) is 5.80. The van der Waals surface area contributed by atoms with Gasteiger partial charge < -0.3 is 16.4 Å². The van der Waals surface area contributed by atoms with E-state index in [1.807, 2.05) is 0 Å². The number of carbonyl (C=O) groups is 2. The summed E-state index contributed by atoms with van der Waals surface area (Å²) in [6.45, 7) is 3.17. The third-order valence-electron chi connectivity index (χ3n) is 3.95. The summed E-state index contributed by atoms with van der Waals surface area (Å²) >= 11 is 0. The number of amides is 2. The van der Waals surface area contributed by atoms with Crippen molar-refractivity contribution in [2.24, 2.45) is 11.7 Å². The molecule has 1 aromatic carbocycles. The molecule has 8 nitrogen and oxygen atoms in total. The molecule has 2 amide bonds. The Balaban J connectivity index is 1.92. The SMILES string of the molecule is CC(=O)Nc1ccc(S(=O)(=O)NC(C)C(=O)NCC(N)C2CC2)cc1. The van der Waals surface area contributed by atoms with E-state index in [-0.39, 0.29) is 16.8 Å². The van der Waals surface area contributed by atoms with Crippen molar-refractivity contribution in [2.45, 2.75) is 43.7 Å². The van der Waals surface area contributed by atoms with E-state index in [1.165, 1.54) is 38.1 Å². The first-order valence-electron chi connectivity index (χ1n) is 8.12. The number of sulfonamides is 1. The predicted molar refractivity (Wildman–Crippen MR) is 94.2 cm³/mol. The highest BCUT2D eigenvalue weighted by atomic mass is 32.2. The molecule has 25 heavy (non-hydrogen) atoms. The molecule has 1 aromatic rings. The van der Waals surface area contributed by atoms with Crippen molar-refractivity contribution in [3.63, 3.8) is 0 Å². The van der Waals surface area contributed by atoms with Crippen LogP contribution >= 0.6 is 0 Å². The summed E-state index contributed by atoms with van der Waals surface area (Å²) in [5.41, 5.74) is 6.40. The predicted octanol–water partition coefficient (Wildman–Crippen LogP) is 0.165. The van der Waals surface area contributed by atoms with Gasteiger partial charge in [-0.05, 0) is 49.9 Å². The lowest BCUT2D eigenvalue weighted by Gasteiger charge is -2.17. The zero-order valence-corrected chi connectivity index (χ0v) is 15.1. The molecule has 1 aliphatic rings. The van der Waals surface area contributed by atoms with Gasteiger partial charge >= 0.3 is 0 Å². The van der Waals surface area contributed by atoms with E-state index in [9.17, 15) is 18.0 Å². The number of benzene rings is 1. The molecule has 0 spiro atoms. The van der Waals surface area contributed by atoms with Crippen molar-refractivity contribution < 1.29 is 18.0 Å². The van der Waals surface area contributed by atoms with Crippen molar-refractivity contribution in [3.05, 3.63) is 24.3 Å². The quantitative estimate of drug-likeness (QED) is 0.519. The summed E-state index contributed by atoms with van der Waals surface area (Å²) in [7, 11) is -3.85. The van der Waals surface area contributed by atoms with Gasteiger partial charge in [0.15, 0.2) is 0 Å². The standard InChI is InChI=1S/C16H24N4O4S/c1-10(16(22)18-9-15(17)12-3-4-12)20-25(23,24)14-7-5-13(6-8-14)19-11(2)21/h5-8,10,12,15,20H,3-4,9,17H2,1-2H3,(H,18,22)(H,19,21). The third-order valence-corrected chi connectivity index (χ3v) is 5.51. The van der Waals surface area contributed by atoms with E-state index in [4.69, 9.17) is 5.73 Å². The van der Waals surface area contributed by atoms with E-state index >= 15 is 0 Å². The number of hydrogen-bond acceptors (Lipinski definition) is 5. The van der Waals surface area contributed by atoms with Gasteiger partial charge in [0, 0.05) is 25.2 Å². The Morgan fingerprint density at radius 2 is 1.84 bits per heavy atom. The molecule has 1 saturated carbocycles. The van der Waals surface area contributed by atoms with E-state index in [1.54, 1.807) is 0 Å². The van der Waals surface area contributed by atoms with Crippen LogP contribution in [-0.4, -0.2) is 38.9 Å². The summed E-state index contributed by atoms with van der Waals surface area (Å²) in [5.74, 6) is -0.215. The number of anilines is 1. The second-order valence-electron chi connectivity index (χ2n) is 6.29. The molecule has 0 heterocycles. The van der Waals surface area contributed by atoms with Crippen molar-refractivity contribution in [1.82, 2.24) is 10.0 Å². The summed E-state index contributed by atoms with van der Waals surface area (Å²) in [4.78, 5) is 23.0. The first-order valence-corrected chi connectivity index (χ1v) is 9.60. The van der Waals surface area contributed by atoms with E-state index < -0.39 is 22.0 Å². The van der Waals surface area contributed by atoms with Gasteiger partial charge in [0.2, 0.25) is 21.8 Å². The van der Waals surface area contributed by atoms with Crippen LogP contribution in [0.3, 0.4) is 0 Å². The molecular formula is C16H24N4O4S. The highest BCUT2D eigenvalue weighted by molar-refractivity contribution is 7.89. The van der Waals surface area contributed by atoms with Crippen LogP contribution in [0.2, 0.25) is 0 Å². The molecule has 2 atom stereocenters. The lowest BCUT2D eigenvalue weighted by atomic mass is 10.2. The van der Waals surface area contributed by atoms with Crippen LogP contribution in [0.1, 0.15) is 26.7 Å². The average molecular weight is 368 g/mol. The molecular weight excluding hydrogens is 344 g/mol. The monoisotopic (exact) mass is 368 g/mol. The van der Waals surface area contributed by atoms with Crippen LogP contribution in [0.25, 0.3) is 0 Å². The highest BCUT2D eigenvalue weighted by Gasteiger charge is 2.29. The molecule has 9 heteroatoms. The van der Waals surface area contributed by atoms with Crippen LogP contribution in [0, 0.1) is 5.92 Å². The summed E-state index contributed by atoms with van der Waals surface area (Å²) < 4.78 is 27.0. The second kappa shape index (κ2) is 7.94. The van der Waals surface area contributed by atoms with Gasteiger partial charge in [-0.15, -0.1) is 0 Å². The normalized spacial score (nSPS) is 16.8. The number of carbonyl (C=O) groups excluding carboxylic acids is 2. The molecule has 0 saturated heterocycles. The summed E-state index contributed by atoms with van der Waals surface area (Å²) in [6, 6.07) is 4.67. The van der Waals surface area contributed by atoms with Gasteiger partial charge in [-0.3, -0.25) is 9.59 Å². The van der Waals surface area contributed by atoms with Gasteiger partial charge in [-0.25, -0.2) is 8.42 Å². The molecule has 2 rings (SSSR count). The van der Waals surface area contributed by atoms with Crippen molar-refractivity contribution in [2.75, 3.05) is 11.9 Å². The Kier molecular flexibility index (Phi) is 6.15. The molecule has 0 radical (unpaired) electrons. The zero-order chi connectivity index (χ0) is 18.6. The van der Waals surface area contributed by atoms with Gasteiger partial charge in [-0.1, -0.05) is 0 Å². The molecule has 2 unspecified atom stereocenters. The number of rotatable bonds is 8. The van der Waals surface area contributed by atoms with Crippen molar-refractivity contribution in [1.29, 1.82) is 0 Å². The first kappa shape index (κ1) is 19.4. The second-order valence-corrected chi connectivity index (χ2v) is 8.01. The van der Waals surface area contributed by atoms with Crippen molar-refractivity contribution >= 4 is 27.5 Å². The minimum Gasteiger partial charge on any atom is -0.353 e. The fourth-order valence-electron chi connectivity index (χ4n) is 2.34. The molecule has 0 aliphatic heterocycles. The first-order chi connectivity index (χ1) is 11.7. The summed E-state index contributed by atoms with van der Waals surface area (Å²) in [6.07, 6.45) is 2.15. The van der Waals surface area contributed by atoms with Crippen LogP contribution in [-0.2, 0) is 19.6 Å². The highest BCUT2D eigenvalue weighted by Crippen LogP contribution is 2.31. The van der Waals surface area contributed by atoms with Crippen LogP contribution in [0.4, 0.5) is 5.69 Å². The number of nitrogens with two attached hydrogens (primary N) is 1. The minimum absolute atomic E-state index is 0.0101. The maximum absolute atomic E-state index is 12.3. The largest absolute Gasteiger partial charge is 0.353 e. The lowest BCUT2D eigenvalue weighted by molar-refractivity contribution is -0.122. The van der Waals surface area contributed by atoms with Gasteiger partial charge in [0.05, 0.1) is 10.9 Å². The average Bonchev–Trinajstić information content (AvgIpc) is 3.36. The maximum atomic E-state index is 12.3. The Morgan fingerprint density at radius 1 is 1.24 bits per heavy atom. The smallest absolute Gasteiger partial charge is 0.241 e. The fourth-order valence-corrected chi connectivity index (χ4v) is 3.54. The Morgan fingerprint density at radius 3 is 2.36 bits per heavy atom. The van der Waals surface area contributed by atoms with Crippen molar-refractivity contribution in [3.8, 4) is 0 Å². The molecule has 0 aromatic heterocycles. The van der Waals surface area contributed by atoms with Crippen LogP contribution < -0.4 is 21.1 Å². The van der Waals surface area contributed by atoms with E-state index in [0.29, 0.717) is 18.2 Å². The van der Waals surface area contributed by atoms with Gasteiger partial charge in [0.1, 0.15) is 0 Å². The zero-order valence-electron chi connectivity index (χ0n) is 14.3. The molecule has 5 N–H and O–H groups in total. The van der Waals surface area contributed by atoms with Crippen LogP contribution in [0.15, 0.2) is 29.2 Å². The Labute approximate surface area is 147 Å². The van der Waals surface area contributed by atoms with E-state index in [2.05, 4.69) is 15.4 Å². The molecule has 138 valence electrons. The minimum atomic E-state index is -3.85. The molecule has 1 aliphatic carbocycles.